The third kappa shape index (κ3) is 5.61. The second kappa shape index (κ2) is 7.09. The minimum Gasteiger partial charge on any atom is -0.309 e. The van der Waals surface area contributed by atoms with Gasteiger partial charge in [-0.2, -0.15) is 0 Å². The highest BCUT2D eigenvalue weighted by molar-refractivity contribution is 9.10. The molecule has 0 aliphatic carbocycles. The maximum absolute atomic E-state index is 13.6. The molecule has 0 aliphatic rings. The lowest BCUT2D eigenvalue weighted by atomic mass is 10.2. The monoisotopic (exact) mass is 302 g/mol. The molecule has 0 N–H and O–H groups in total. The van der Waals surface area contributed by atoms with Crippen LogP contribution in [-0.2, 0) is 6.54 Å². The van der Waals surface area contributed by atoms with E-state index in [2.05, 4.69) is 39.8 Å². The molecule has 0 heterocycles. The van der Waals surface area contributed by atoms with Crippen LogP contribution in [-0.4, -0.2) is 44.0 Å². The van der Waals surface area contributed by atoms with E-state index < -0.39 is 0 Å². The normalized spacial score (nSPS) is 11.5. The van der Waals surface area contributed by atoms with Gasteiger partial charge < -0.3 is 9.80 Å². The molecule has 0 radical (unpaired) electrons. The number of nitrogens with zero attached hydrogens (tertiary/aromatic N) is 2. The molecule has 0 unspecified atom stereocenters. The first-order valence-electron chi connectivity index (χ1n) is 5.76. The van der Waals surface area contributed by atoms with E-state index in [0.717, 1.165) is 29.5 Å². The van der Waals surface area contributed by atoms with E-state index in [4.69, 9.17) is 0 Å². The molecular weight excluding hydrogens is 283 g/mol. The molecule has 17 heavy (non-hydrogen) atoms. The van der Waals surface area contributed by atoms with Gasteiger partial charge >= 0.3 is 0 Å². The second-order valence-corrected chi connectivity index (χ2v) is 5.55. The van der Waals surface area contributed by atoms with Gasteiger partial charge in [-0.15, -0.1) is 0 Å². The molecule has 0 fully saturated rings. The van der Waals surface area contributed by atoms with Crippen molar-refractivity contribution in [2.75, 3.05) is 34.2 Å². The molecule has 1 aromatic carbocycles. The summed E-state index contributed by atoms with van der Waals surface area (Å²) >= 11 is 3.26. The highest BCUT2D eigenvalue weighted by Gasteiger charge is 2.06. The van der Waals surface area contributed by atoms with Crippen LogP contribution in [0.4, 0.5) is 4.39 Å². The Bertz CT molecular complexity index is 355. The van der Waals surface area contributed by atoms with Gasteiger partial charge in [0.2, 0.25) is 0 Å². The third-order valence-electron chi connectivity index (χ3n) is 2.60. The van der Waals surface area contributed by atoms with Crippen LogP contribution >= 0.6 is 15.9 Å². The van der Waals surface area contributed by atoms with Crippen molar-refractivity contribution >= 4 is 15.9 Å². The molecule has 0 amide bonds. The standard InChI is InChI=1S/C13H20BrFN2/c1-16(2)7-4-8-17(3)10-11-5-6-12(14)9-13(11)15/h5-6,9H,4,7-8,10H2,1-3H3. The van der Waals surface area contributed by atoms with Gasteiger partial charge in [0, 0.05) is 16.6 Å². The Balaban J connectivity index is 2.42. The third-order valence-corrected chi connectivity index (χ3v) is 3.09. The van der Waals surface area contributed by atoms with Crippen LogP contribution in [0, 0.1) is 5.82 Å². The number of hydrogen-bond acceptors (Lipinski definition) is 2. The predicted octanol–water partition coefficient (Wildman–Crippen LogP) is 2.97. The largest absolute Gasteiger partial charge is 0.309 e. The van der Waals surface area contributed by atoms with Crippen LogP contribution in [0.3, 0.4) is 0 Å². The van der Waals surface area contributed by atoms with Gasteiger partial charge in [0.25, 0.3) is 0 Å². The van der Waals surface area contributed by atoms with Crippen molar-refractivity contribution in [1.29, 1.82) is 0 Å². The minimum absolute atomic E-state index is 0.140. The Kier molecular flexibility index (Phi) is 6.09. The number of rotatable bonds is 6. The van der Waals surface area contributed by atoms with Crippen LogP contribution in [0.1, 0.15) is 12.0 Å². The summed E-state index contributed by atoms with van der Waals surface area (Å²) in [5.41, 5.74) is 0.751. The zero-order valence-electron chi connectivity index (χ0n) is 10.7. The van der Waals surface area contributed by atoms with E-state index in [1.165, 1.54) is 6.07 Å². The molecule has 0 saturated carbocycles. The van der Waals surface area contributed by atoms with E-state index in [1.54, 1.807) is 0 Å². The quantitative estimate of drug-likeness (QED) is 0.797. The zero-order chi connectivity index (χ0) is 12.8. The summed E-state index contributed by atoms with van der Waals surface area (Å²) in [6.07, 6.45) is 1.10. The van der Waals surface area contributed by atoms with Gasteiger partial charge in [-0.3, -0.25) is 0 Å². The van der Waals surface area contributed by atoms with Crippen LogP contribution in [0.5, 0.6) is 0 Å². The van der Waals surface area contributed by atoms with Crippen molar-refractivity contribution < 1.29 is 4.39 Å². The molecule has 0 aliphatic heterocycles. The lowest BCUT2D eigenvalue weighted by molar-refractivity contribution is 0.291. The molecule has 96 valence electrons. The van der Waals surface area contributed by atoms with E-state index in [-0.39, 0.29) is 5.82 Å². The summed E-state index contributed by atoms with van der Waals surface area (Å²) in [4.78, 5) is 4.31. The number of hydrogen-bond donors (Lipinski definition) is 0. The lowest BCUT2D eigenvalue weighted by Crippen LogP contribution is -2.23. The molecule has 1 aromatic rings. The summed E-state index contributed by atoms with van der Waals surface area (Å²) in [5, 5.41) is 0. The average Bonchev–Trinajstić information content (AvgIpc) is 2.21. The highest BCUT2D eigenvalue weighted by atomic mass is 79.9. The van der Waals surface area contributed by atoms with E-state index in [0.29, 0.717) is 6.54 Å². The van der Waals surface area contributed by atoms with Crippen molar-refractivity contribution in [3.63, 3.8) is 0 Å². The fourth-order valence-corrected chi connectivity index (χ4v) is 2.01. The van der Waals surface area contributed by atoms with Gasteiger partial charge in [0.1, 0.15) is 5.82 Å². The number of benzene rings is 1. The smallest absolute Gasteiger partial charge is 0.128 e. The minimum atomic E-state index is -0.140. The van der Waals surface area contributed by atoms with Crippen molar-refractivity contribution in [3.05, 3.63) is 34.1 Å². The summed E-state index contributed by atoms with van der Waals surface area (Å²) < 4.78 is 14.4. The highest BCUT2D eigenvalue weighted by Crippen LogP contribution is 2.16. The Morgan fingerprint density at radius 1 is 1.18 bits per heavy atom. The van der Waals surface area contributed by atoms with Crippen LogP contribution in [0.2, 0.25) is 0 Å². The SMILES string of the molecule is CN(C)CCCN(C)Cc1ccc(Br)cc1F. The predicted molar refractivity (Wildman–Crippen MR) is 73.6 cm³/mol. The first-order chi connectivity index (χ1) is 7.99. The second-order valence-electron chi connectivity index (χ2n) is 4.63. The zero-order valence-corrected chi connectivity index (χ0v) is 12.3. The summed E-state index contributed by atoms with van der Waals surface area (Å²) in [6.45, 7) is 2.70. The molecule has 1 rings (SSSR count). The van der Waals surface area contributed by atoms with E-state index in [9.17, 15) is 4.39 Å². The van der Waals surface area contributed by atoms with Crippen molar-refractivity contribution in [3.8, 4) is 0 Å². The number of halogens is 2. The molecular formula is C13H20BrFN2. The Labute approximate surface area is 112 Å². The first-order valence-corrected chi connectivity index (χ1v) is 6.55. The Hall–Kier alpha value is -0.450. The van der Waals surface area contributed by atoms with Crippen molar-refractivity contribution in [2.24, 2.45) is 0 Å². The van der Waals surface area contributed by atoms with Crippen molar-refractivity contribution in [1.82, 2.24) is 9.80 Å². The van der Waals surface area contributed by atoms with Gasteiger partial charge in [0.05, 0.1) is 0 Å². The molecule has 0 atom stereocenters. The maximum atomic E-state index is 13.6. The fourth-order valence-electron chi connectivity index (χ4n) is 1.68. The Morgan fingerprint density at radius 2 is 1.88 bits per heavy atom. The van der Waals surface area contributed by atoms with Gasteiger partial charge in [-0.1, -0.05) is 22.0 Å². The Morgan fingerprint density at radius 3 is 2.47 bits per heavy atom. The van der Waals surface area contributed by atoms with Gasteiger partial charge in [0.15, 0.2) is 0 Å². The average molecular weight is 303 g/mol. The summed E-state index contributed by atoms with van der Waals surface area (Å²) in [6, 6.07) is 5.23. The summed E-state index contributed by atoms with van der Waals surface area (Å²) in [7, 11) is 6.15. The molecule has 0 saturated heterocycles. The first kappa shape index (κ1) is 14.6. The molecule has 0 bridgehead atoms. The van der Waals surface area contributed by atoms with Crippen LogP contribution in [0.15, 0.2) is 22.7 Å². The van der Waals surface area contributed by atoms with Gasteiger partial charge in [-0.05, 0) is 52.8 Å². The van der Waals surface area contributed by atoms with E-state index >= 15 is 0 Å². The molecule has 0 spiro atoms. The molecule has 4 heteroatoms. The maximum Gasteiger partial charge on any atom is 0.128 e. The lowest BCUT2D eigenvalue weighted by Gasteiger charge is -2.18. The van der Waals surface area contributed by atoms with Gasteiger partial charge in [-0.25, -0.2) is 4.39 Å². The van der Waals surface area contributed by atoms with Crippen LogP contribution < -0.4 is 0 Å². The van der Waals surface area contributed by atoms with E-state index in [1.807, 2.05) is 19.2 Å². The van der Waals surface area contributed by atoms with Crippen LogP contribution in [0.25, 0.3) is 0 Å². The topological polar surface area (TPSA) is 6.48 Å². The summed E-state index contributed by atoms with van der Waals surface area (Å²) in [5.74, 6) is -0.140. The van der Waals surface area contributed by atoms with Crippen molar-refractivity contribution in [2.45, 2.75) is 13.0 Å². The molecule has 2 nitrogen and oxygen atoms in total. The fraction of sp³-hybridized carbons (Fsp3) is 0.538. The molecule has 0 aromatic heterocycles.